The summed E-state index contributed by atoms with van der Waals surface area (Å²) < 4.78 is 3.26. The molecule has 0 N–H and O–H groups in total. The number of hydrogen-bond donors (Lipinski definition) is 0. The van der Waals surface area contributed by atoms with Crippen LogP contribution in [0.15, 0.2) is 45.8 Å². The maximum absolute atomic E-state index is 13.1. The van der Waals surface area contributed by atoms with Gasteiger partial charge in [-0.25, -0.2) is 0 Å². The molecule has 33 heavy (non-hydrogen) atoms. The molecule has 0 bridgehead atoms. The van der Waals surface area contributed by atoms with E-state index >= 15 is 0 Å². The normalized spacial score (nSPS) is 15.2. The second-order valence-electron chi connectivity index (χ2n) is 8.02. The van der Waals surface area contributed by atoms with Crippen LogP contribution in [-0.2, 0) is 11.3 Å². The maximum Gasteiger partial charge on any atom is 0.293 e. The van der Waals surface area contributed by atoms with Crippen molar-refractivity contribution in [3.63, 3.8) is 0 Å². The minimum absolute atomic E-state index is 0.0387. The third kappa shape index (κ3) is 4.54. The Kier molecular flexibility index (Phi) is 6.83. The fourth-order valence-corrected chi connectivity index (χ4v) is 5.58. The van der Waals surface area contributed by atoms with E-state index in [9.17, 15) is 9.59 Å². The Morgan fingerprint density at radius 2 is 1.61 bits per heavy atom. The number of carbonyl (C=O) groups excluding carboxylic acids is 2. The molecule has 4 nitrogen and oxygen atoms in total. The first-order valence-electron chi connectivity index (χ1n) is 10.2. The molecule has 0 radical (unpaired) electrons. The quantitative estimate of drug-likeness (QED) is 0.302. The van der Waals surface area contributed by atoms with Gasteiger partial charge >= 0.3 is 0 Å². The molecule has 0 saturated carbocycles. The largest absolute Gasteiger partial charge is 0.318 e. The van der Waals surface area contributed by atoms with Crippen LogP contribution in [0.1, 0.15) is 33.6 Å². The Hall–Kier alpha value is -1.99. The fraction of sp³-hybridized carbons (Fsp3) is 0.200. The summed E-state index contributed by atoms with van der Waals surface area (Å²) in [7, 11) is 0. The third-order valence-electron chi connectivity index (χ3n) is 5.69. The number of imide groups is 1. The van der Waals surface area contributed by atoms with Crippen LogP contribution in [0, 0.1) is 27.7 Å². The second kappa shape index (κ2) is 9.34. The van der Waals surface area contributed by atoms with Gasteiger partial charge in [0.15, 0.2) is 0 Å². The van der Waals surface area contributed by atoms with Crippen LogP contribution in [0.25, 0.3) is 11.8 Å². The van der Waals surface area contributed by atoms with E-state index in [-0.39, 0.29) is 17.7 Å². The van der Waals surface area contributed by atoms with Crippen LogP contribution >= 0.6 is 50.9 Å². The zero-order valence-electron chi connectivity index (χ0n) is 18.5. The highest BCUT2D eigenvalue weighted by Gasteiger charge is 2.36. The van der Waals surface area contributed by atoms with E-state index in [2.05, 4.69) is 46.5 Å². The van der Waals surface area contributed by atoms with E-state index in [1.807, 2.05) is 19.9 Å². The number of carbonyl (C=O) groups is 2. The first-order chi connectivity index (χ1) is 15.6. The summed E-state index contributed by atoms with van der Waals surface area (Å²) in [6, 6.07) is 11.4. The van der Waals surface area contributed by atoms with Gasteiger partial charge in [0.05, 0.1) is 11.4 Å². The number of aromatic nitrogens is 1. The molecule has 1 aromatic heterocycles. The van der Waals surface area contributed by atoms with Gasteiger partial charge in [-0.2, -0.15) is 0 Å². The molecule has 3 aromatic rings. The molecule has 0 unspecified atom stereocenters. The van der Waals surface area contributed by atoms with Crippen LogP contribution < -0.4 is 0 Å². The van der Waals surface area contributed by atoms with Gasteiger partial charge in [-0.3, -0.25) is 14.5 Å². The Morgan fingerprint density at radius 1 is 1.00 bits per heavy atom. The molecule has 1 aliphatic heterocycles. The Balaban J connectivity index is 1.67. The van der Waals surface area contributed by atoms with Gasteiger partial charge in [0.2, 0.25) is 0 Å². The Morgan fingerprint density at radius 3 is 2.21 bits per heavy atom. The number of hydrogen-bond acceptors (Lipinski definition) is 3. The van der Waals surface area contributed by atoms with Crippen molar-refractivity contribution >= 4 is 68.1 Å². The minimum Gasteiger partial charge on any atom is -0.318 e. The summed E-state index contributed by atoms with van der Waals surface area (Å²) in [6.07, 6.45) is 1.79. The zero-order chi connectivity index (χ0) is 24.0. The van der Waals surface area contributed by atoms with Crippen LogP contribution in [0.3, 0.4) is 0 Å². The van der Waals surface area contributed by atoms with Crippen molar-refractivity contribution in [2.24, 2.45) is 0 Å². The highest BCUT2D eigenvalue weighted by molar-refractivity contribution is 9.10. The van der Waals surface area contributed by atoms with Crippen molar-refractivity contribution < 1.29 is 9.59 Å². The molecule has 8 heteroatoms. The first kappa shape index (κ1) is 24.1. The number of nitrogens with zero attached hydrogens (tertiary/aromatic N) is 2. The predicted octanol–water partition coefficient (Wildman–Crippen LogP) is 8.02. The number of thioether (sulfide) groups is 1. The van der Waals surface area contributed by atoms with E-state index in [1.54, 1.807) is 24.3 Å². The standard InChI is InChI=1S/C25H21BrCl2N2O2S/c1-13-8-18(9-14(2)23(13)26)30-15(3)10-17(16(30)4)11-22-24(31)29(25(32)33-22)12-19-20(27)6-5-7-21(19)28/h5-11H,12H2,1-4H3/b22-11-. The Bertz CT molecular complexity index is 1300. The smallest absolute Gasteiger partial charge is 0.293 e. The van der Waals surface area contributed by atoms with E-state index in [0.717, 1.165) is 50.0 Å². The zero-order valence-corrected chi connectivity index (χ0v) is 22.4. The molecule has 2 amide bonds. The molecule has 4 rings (SSSR count). The summed E-state index contributed by atoms with van der Waals surface area (Å²) in [5, 5.41) is 0.513. The average molecular weight is 564 g/mol. The number of benzene rings is 2. The SMILES string of the molecule is Cc1cc(-n2c(C)cc(/C=C3\SC(=O)N(Cc4c(Cl)cccc4Cl)C3=O)c2C)cc(C)c1Br. The van der Waals surface area contributed by atoms with Gasteiger partial charge in [-0.1, -0.05) is 45.2 Å². The molecule has 2 aromatic carbocycles. The van der Waals surface area contributed by atoms with E-state index < -0.39 is 0 Å². The molecule has 1 aliphatic rings. The summed E-state index contributed by atoms with van der Waals surface area (Å²) >= 11 is 17.0. The van der Waals surface area contributed by atoms with Crippen molar-refractivity contribution in [3.8, 4) is 5.69 Å². The van der Waals surface area contributed by atoms with Gasteiger partial charge in [-0.05, 0) is 92.6 Å². The second-order valence-corrected chi connectivity index (χ2v) is 10.6. The first-order valence-corrected chi connectivity index (χ1v) is 12.6. The minimum atomic E-state index is -0.346. The lowest BCUT2D eigenvalue weighted by Crippen LogP contribution is -2.27. The molecule has 1 saturated heterocycles. The van der Waals surface area contributed by atoms with E-state index in [1.165, 1.54) is 4.90 Å². The molecule has 0 atom stereocenters. The van der Waals surface area contributed by atoms with Crippen molar-refractivity contribution in [2.75, 3.05) is 0 Å². The van der Waals surface area contributed by atoms with Crippen molar-refractivity contribution in [3.05, 3.63) is 89.5 Å². The predicted molar refractivity (Wildman–Crippen MR) is 140 cm³/mol. The van der Waals surface area contributed by atoms with E-state index in [0.29, 0.717) is 20.5 Å². The van der Waals surface area contributed by atoms with Gasteiger partial charge in [0, 0.05) is 37.2 Å². The van der Waals surface area contributed by atoms with Crippen molar-refractivity contribution in [1.29, 1.82) is 0 Å². The molecule has 170 valence electrons. The number of rotatable bonds is 4. The fourth-order valence-electron chi connectivity index (χ4n) is 4.00. The lowest BCUT2D eigenvalue weighted by atomic mass is 10.1. The molecule has 0 aliphatic carbocycles. The van der Waals surface area contributed by atoms with Crippen molar-refractivity contribution in [2.45, 2.75) is 34.2 Å². The molecule has 2 heterocycles. The highest BCUT2D eigenvalue weighted by Crippen LogP contribution is 2.37. The van der Waals surface area contributed by atoms with Crippen LogP contribution in [0.4, 0.5) is 4.79 Å². The van der Waals surface area contributed by atoms with Gasteiger partial charge < -0.3 is 4.57 Å². The van der Waals surface area contributed by atoms with Crippen LogP contribution in [0.5, 0.6) is 0 Å². The van der Waals surface area contributed by atoms with Gasteiger partial charge in [0.1, 0.15) is 0 Å². The average Bonchev–Trinajstić information content (AvgIpc) is 3.17. The lowest BCUT2D eigenvalue weighted by molar-refractivity contribution is -0.123. The van der Waals surface area contributed by atoms with Crippen LogP contribution in [0.2, 0.25) is 10.0 Å². The van der Waals surface area contributed by atoms with Crippen molar-refractivity contribution in [1.82, 2.24) is 9.47 Å². The molecular formula is C25H21BrCl2N2O2S. The maximum atomic E-state index is 13.1. The van der Waals surface area contributed by atoms with Crippen LogP contribution in [-0.4, -0.2) is 20.6 Å². The van der Waals surface area contributed by atoms with Gasteiger partial charge in [0.25, 0.3) is 11.1 Å². The number of halogens is 3. The highest BCUT2D eigenvalue weighted by atomic mass is 79.9. The molecule has 1 fully saturated rings. The molecule has 0 spiro atoms. The number of amides is 2. The lowest BCUT2D eigenvalue weighted by Gasteiger charge is -2.14. The summed E-state index contributed by atoms with van der Waals surface area (Å²) in [6.45, 7) is 8.21. The monoisotopic (exact) mass is 562 g/mol. The van der Waals surface area contributed by atoms with E-state index in [4.69, 9.17) is 23.2 Å². The number of aryl methyl sites for hydroxylation is 3. The van der Waals surface area contributed by atoms with Gasteiger partial charge in [-0.15, -0.1) is 0 Å². The molecular weight excluding hydrogens is 543 g/mol. The Labute approximate surface area is 215 Å². The topological polar surface area (TPSA) is 42.3 Å². The third-order valence-corrected chi connectivity index (χ3v) is 8.55. The summed E-state index contributed by atoms with van der Waals surface area (Å²) in [5.41, 5.74) is 6.85. The summed E-state index contributed by atoms with van der Waals surface area (Å²) in [5.74, 6) is -0.346. The summed E-state index contributed by atoms with van der Waals surface area (Å²) in [4.78, 5) is 27.3.